The molecule has 0 radical (unpaired) electrons. The van der Waals surface area contributed by atoms with Gasteiger partial charge in [-0.3, -0.25) is 4.79 Å². The largest absolute Gasteiger partial charge is 0.472 e. The molecule has 0 spiro atoms. The van der Waals surface area contributed by atoms with Crippen molar-refractivity contribution in [3.63, 3.8) is 0 Å². The molecule has 1 aromatic carbocycles. The Morgan fingerprint density at radius 2 is 1.85 bits per heavy atom. The Kier molecular flexibility index (Phi) is 5.21. The van der Waals surface area contributed by atoms with Crippen molar-refractivity contribution in [1.82, 2.24) is 15.4 Å². The number of hydrogen-bond acceptors (Lipinski definition) is 6. The van der Waals surface area contributed by atoms with Crippen molar-refractivity contribution in [2.24, 2.45) is 5.41 Å². The number of anilines is 1. The van der Waals surface area contributed by atoms with E-state index in [9.17, 15) is 4.79 Å². The number of ether oxygens (including phenoxy) is 1. The topological polar surface area (TPSA) is 90.1 Å². The number of aryl methyl sites for hydroxylation is 1. The molecular weight excluding hydrogens is 344 g/mol. The molecule has 7 heteroatoms. The minimum atomic E-state index is -0.503. The number of aromatic nitrogens is 3. The zero-order chi connectivity index (χ0) is 19.4. The van der Waals surface area contributed by atoms with E-state index >= 15 is 0 Å². The first kappa shape index (κ1) is 18.6. The van der Waals surface area contributed by atoms with Crippen LogP contribution in [0.15, 0.2) is 47.0 Å². The molecule has 7 nitrogen and oxygen atoms in total. The normalized spacial score (nSPS) is 11.3. The quantitative estimate of drug-likeness (QED) is 0.734. The lowest BCUT2D eigenvalue weighted by Crippen LogP contribution is -2.28. The lowest BCUT2D eigenvalue weighted by Gasteiger charge is -2.16. The third-order valence-corrected chi connectivity index (χ3v) is 3.96. The molecule has 0 unspecified atom stereocenters. The van der Waals surface area contributed by atoms with Gasteiger partial charge in [-0.15, -0.1) is 10.2 Å². The Balaban J connectivity index is 1.68. The predicted molar refractivity (Wildman–Crippen MR) is 101 cm³/mol. The van der Waals surface area contributed by atoms with E-state index in [2.05, 4.69) is 20.7 Å². The van der Waals surface area contributed by atoms with E-state index in [1.54, 1.807) is 12.1 Å². The highest BCUT2D eigenvalue weighted by Gasteiger charge is 2.21. The summed E-state index contributed by atoms with van der Waals surface area (Å²) in [5, 5.41) is 14.9. The molecule has 140 valence electrons. The van der Waals surface area contributed by atoms with Crippen molar-refractivity contribution in [1.29, 1.82) is 0 Å². The van der Waals surface area contributed by atoms with Gasteiger partial charge in [0, 0.05) is 17.0 Å². The van der Waals surface area contributed by atoms with Crippen molar-refractivity contribution < 1.29 is 14.1 Å². The van der Waals surface area contributed by atoms with Gasteiger partial charge in [0.05, 0.1) is 5.56 Å². The molecule has 1 N–H and O–H groups in total. The molecule has 2 aromatic heterocycles. The molecule has 0 aliphatic rings. The van der Waals surface area contributed by atoms with Crippen LogP contribution in [-0.2, 0) is 11.4 Å². The van der Waals surface area contributed by atoms with Crippen molar-refractivity contribution >= 4 is 11.7 Å². The van der Waals surface area contributed by atoms with E-state index in [1.807, 2.05) is 58.0 Å². The van der Waals surface area contributed by atoms with Crippen LogP contribution in [0.3, 0.4) is 0 Å². The average molecular weight is 366 g/mol. The number of nitrogens with zero attached hydrogens (tertiary/aromatic N) is 3. The van der Waals surface area contributed by atoms with Gasteiger partial charge < -0.3 is 14.6 Å². The molecule has 3 rings (SSSR count). The Labute approximate surface area is 157 Å². The number of rotatable bonds is 5. The van der Waals surface area contributed by atoms with E-state index in [4.69, 9.17) is 9.26 Å². The summed E-state index contributed by atoms with van der Waals surface area (Å²) in [7, 11) is 0. The van der Waals surface area contributed by atoms with E-state index < -0.39 is 5.41 Å². The van der Waals surface area contributed by atoms with Crippen LogP contribution in [-0.4, -0.2) is 21.3 Å². The van der Waals surface area contributed by atoms with Crippen molar-refractivity contribution in [2.45, 2.75) is 34.3 Å². The van der Waals surface area contributed by atoms with Crippen molar-refractivity contribution in [2.75, 3.05) is 5.32 Å². The highest BCUT2D eigenvalue weighted by Crippen LogP contribution is 2.26. The molecule has 0 fully saturated rings. The van der Waals surface area contributed by atoms with E-state index in [0.717, 1.165) is 16.8 Å². The zero-order valence-electron chi connectivity index (χ0n) is 15.8. The van der Waals surface area contributed by atoms with Crippen LogP contribution < -0.4 is 10.1 Å². The van der Waals surface area contributed by atoms with Gasteiger partial charge >= 0.3 is 0 Å². The number of benzene rings is 1. The maximum absolute atomic E-state index is 12.0. The summed E-state index contributed by atoms with van der Waals surface area (Å²) in [6, 6.07) is 13.1. The summed E-state index contributed by atoms with van der Waals surface area (Å²) < 4.78 is 11.1. The molecule has 0 saturated heterocycles. The third-order valence-electron chi connectivity index (χ3n) is 3.96. The van der Waals surface area contributed by atoms with Gasteiger partial charge in [0.2, 0.25) is 11.8 Å². The second kappa shape index (κ2) is 7.57. The standard InChI is InChI=1S/C20H22N4O3/c1-13-15(18(24-27-13)14-8-6-5-7-9-14)12-26-17-11-10-16(22-23-17)21-19(25)20(2,3)4/h5-11H,12H2,1-4H3,(H,21,22,25). The Morgan fingerprint density at radius 3 is 2.48 bits per heavy atom. The minimum absolute atomic E-state index is 0.127. The zero-order valence-corrected chi connectivity index (χ0v) is 15.8. The number of carbonyl (C=O) groups excluding carboxylic acids is 1. The number of amides is 1. The van der Waals surface area contributed by atoms with Crippen molar-refractivity contribution in [3.05, 3.63) is 53.8 Å². The van der Waals surface area contributed by atoms with Gasteiger partial charge in [-0.25, -0.2) is 0 Å². The van der Waals surface area contributed by atoms with Crippen molar-refractivity contribution in [3.8, 4) is 17.1 Å². The molecule has 0 aliphatic heterocycles. The summed E-state index contributed by atoms with van der Waals surface area (Å²) in [5.74, 6) is 1.30. The Hall–Kier alpha value is -3.22. The van der Waals surface area contributed by atoms with Gasteiger partial charge in [0.15, 0.2) is 5.82 Å². The average Bonchev–Trinajstić information content (AvgIpc) is 3.01. The molecule has 0 saturated carbocycles. The van der Waals surface area contributed by atoms with Crippen LogP contribution in [0.25, 0.3) is 11.3 Å². The maximum Gasteiger partial charge on any atom is 0.233 e. The third kappa shape index (κ3) is 4.49. The molecule has 3 aromatic rings. The predicted octanol–water partition coefficient (Wildman–Crippen LogP) is 4.00. The fourth-order valence-corrected chi connectivity index (χ4v) is 2.30. The monoisotopic (exact) mass is 366 g/mol. The second-order valence-electron chi connectivity index (χ2n) is 7.18. The summed E-state index contributed by atoms with van der Waals surface area (Å²) >= 11 is 0. The second-order valence-corrected chi connectivity index (χ2v) is 7.18. The lowest BCUT2D eigenvalue weighted by atomic mass is 9.96. The molecule has 0 atom stereocenters. The van der Waals surface area contributed by atoms with Gasteiger partial charge in [-0.1, -0.05) is 56.3 Å². The summed E-state index contributed by atoms with van der Waals surface area (Å²) in [6.07, 6.45) is 0. The molecule has 0 bridgehead atoms. The first-order valence-electron chi connectivity index (χ1n) is 8.63. The first-order valence-corrected chi connectivity index (χ1v) is 8.63. The first-order chi connectivity index (χ1) is 12.8. The van der Waals surface area contributed by atoms with Gasteiger partial charge in [0.25, 0.3) is 0 Å². The fourth-order valence-electron chi connectivity index (χ4n) is 2.30. The Bertz CT molecular complexity index is 913. The number of nitrogens with one attached hydrogen (secondary N) is 1. The Morgan fingerprint density at radius 1 is 1.11 bits per heavy atom. The molecular formula is C20H22N4O3. The summed E-state index contributed by atoms with van der Waals surface area (Å²) in [5.41, 5.74) is 2.05. The van der Waals surface area contributed by atoms with E-state index in [1.165, 1.54) is 0 Å². The highest BCUT2D eigenvalue weighted by molar-refractivity contribution is 5.93. The van der Waals surface area contributed by atoms with Crippen LogP contribution in [0.4, 0.5) is 5.82 Å². The minimum Gasteiger partial charge on any atom is -0.472 e. The smallest absolute Gasteiger partial charge is 0.233 e. The lowest BCUT2D eigenvalue weighted by molar-refractivity contribution is -0.123. The summed E-state index contributed by atoms with van der Waals surface area (Å²) in [6.45, 7) is 7.59. The van der Waals surface area contributed by atoms with Crippen LogP contribution >= 0.6 is 0 Å². The van der Waals surface area contributed by atoms with Crippen LogP contribution in [0.5, 0.6) is 5.88 Å². The van der Waals surface area contributed by atoms with Gasteiger partial charge in [-0.05, 0) is 13.0 Å². The van der Waals surface area contributed by atoms with Gasteiger partial charge in [0.1, 0.15) is 18.1 Å². The molecule has 27 heavy (non-hydrogen) atoms. The van der Waals surface area contributed by atoms with Crippen LogP contribution in [0, 0.1) is 12.3 Å². The molecule has 2 heterocycles. The van der Waals surface area contributed by atoms with Gasteiger partial charge in [-0.2, -0.15) is 0 Å². The maximum atomic E-state index is 12.0. The van der Waals surface area contributed by atoms with E-state index in [0.29, 0.717) is 17.5 Å². The van der Waals surface area contributed by atoms with Crippen LogP contribution in [0.2, 0.25) is 0 Å². The molecule has 1 amide bonds. The number of hydrogen-bond donors (Lipinski definition) is 1. The molecule has 0 aliphatic carbocycles. The highest BCUT2D eigenvalue weighted by atomic mass is 16.5. The summed E-state index contributed by atoms with van der Waals surface area (Å²) in [4.78, 5) is 12.0. The van der Waals surface area contributed by atoms with Crippen LogP contribution in [0.1, 0.15) is 32.1 Å². The SMILES string of the molecule is Cc1onc(-c2ccccc2)c1COc1ccc(NC(=O)C(C)(C)C)nn1. The number of carbonyl (C=O) groups is 1. The van der Waals surface area contributed by atoms with E-state index in [-0.39, 0.29) is 12.5 Å². The fraction of sp³-hybridized carbons (Fsp3) is 0.300.